The molecule has 0 heterocycles. The Bertz CT molecular complexity index is 287. The molecule has 0 radical (unpaired) electrons. The lowest BCUT2D eigenvalue weighted by Gasteiger charge is -1.99. The second-order valence-electron chi connectivity index (χ2n) is 1.87. The largest absolute Gasteiger partial charge is 0.456 e. The van der Waals surface area contributed by atoms with E-state index in [1.165, 1.54) is 6.26 Å². The van der Waals surface area contributed by atoms with E-state index in [-0.39, 0.29) is 0 Å². The minimum Gasteiger partial charge on any atom is -0.456 e. The van der Waals surface area contributed by atoms with Crippen molar-refractivity contribution in [3.63, 3.8) is 0 Å². The van der Waals surface area contributed by atoms with Crippen LogP contribution in [-0.4, -0.2) is 0 Å². The molecule has 0 spiro atoms. The van der Waals surface area contributed by atoms with Crippen LogP contribution in [0.2, 0.25) is 0 Å². The first-order valence-corrected chi connectivity index (χ1v) is 4.18. The van der Waals surface area contributed by atoms with Crippen molar-refractivity contribution >= 4 is 22.6 Å². The van der Waals surface area contributed by atoms with Gasteiger partial charge < -0.3 is 4.74 Å². The van der Waals surface area contributed by atoms with Gasteiger partial charge in [0.2, 0.25) is 0 Å². The average molecular weight is 258 g/mol. The molecule has 0 aliphatic heterocycles. The fraction of sp³-hybridized carbons (Fsp3) is 0. The zero-order valence-electron chi connectivity index (χ0n) is 5.88. The second-order valence-corrected chi connectivity index (χ2v) is 3.03. The van der Waals surface area contributed by atoms with Crippen LogP contribution in [0.5, 0.6) is 5.75 Å². The summed E-state index contributed by atoms with van der Waals surface area (Å²) in [5.41, 5.74) is 2.54. The van der Waals surface area contributed by atoms with Crippen LogP contribution in [-0.2, 0) is 0 Å². The summed E-state index contributed by atoms with van der Waals surface area (Å²) >= 11 is 2.21. The molecule has 1 aromatic rings. The van der Waals surface area contributed by atoms with Crippen molar-refractivity contribution in [2.45, 2.75) is 0 Å². The van der Waals surface area contributed by atoms with Gasteiger partial charge in [0.25, 0.3) is 0 Å². The van der Waals surface area contributed by atoms with Crippen LogP contribution >= 0.6 is 22.6 Å². The quantitative estimate of drug-likeness (QED) is 0.450. The second kappa shape index (κ2) is 4.21. The monoisotopic (exact) mass is 258 g/mol. The molecule has 0 bridgehead atoms. The van der Waals surface area contributed by atoms with Crippen molar-refractivity contribution in [2.24, 2.45) is 0 Å². The number of benzene rings is 1. The zero-order valence-corrected chi connectivity index (χ0v) is 8.04. The fourth-order valence-corrected chi connectivity index (χ4v) is 1.16. The number of hydrogen-bond acceptors (Lipinski definition) is 1. The highest BCUT2D eigenvalue weighted by molar-refractivity contribution is 14.1. The summed E-state index contributed by atoms with van der Waals surface area (Å²) < 4.78 is 6.26. The van der Waals surface area contributed by atoms with Crippen LogP contribution in [0.25, 0.3) is 0 Å². The average Bonchev–Trinajstić information content (AvgIpc) is 2.03. The Hall–Kier alpha value is -0.730. The molecule has 0 saturated heterocycles. The van der Waals surface area contributed by atoms with E-state index in [4.69, 9.17) is 4.74 Å². The summed E-state index contributed by atoms with van der Waals surface area (Å²) in [6, 6.07) is 7.77. The molecule has 0 unspecified atom stereocenters. The Morgan fingerprint density at radius 2 is 2.18 bits per heavy atom. The summed E-state index contributed by atoms with van der Waals surface area (Å²) in [6.07, 6.45) is 1.44. The van der Waals surface area contributed by atoms with E-state index in [9.17, 15) is 0 Å². The number of rotatable bonds is 2. The first kappa shape index (κ1) is 8.37. The molecule has 2 heteroatoms. The van der Waals surface area contributed by atoms with Crippen LogP contribution < -0.4 is 4.74 Å². The highest BCUT2D eigenvalue weighted by Gasteiger charge is 1.94. The molecule has 0 atom stereocenters. The minimum absolute atomic E-state index is 0.837. The molecule has 1 rings (SSSR count). The summed E-state index contributed by atoms with van der Waals surface area (Å²) in [5.74, 6) is 0.837. The van der Waals surface area contributed by atoms with Gasteiger partial charge in [-0.25, -0.2) is 0 Å². The number of ether oxygens (including phenoxy) is 1. The molecule has 0 saturated carbocycles. The third-order valence-electron chi connectivity index (χ3n) is 1.11. The molecule has 0 aliphatic rings. The van der Waals surface area contributed by atoms with Crippen LogP contribution in [0.4, 0.5) is 0 Å². The van der Waals surface area contributed by atoms with Gasteiger partial charge >= 0.3 is 0 Å². The van der Waals surface area contributed by atoms with Crippen molar-refractivity contribution in [3.8, 4) is 5.75 Å². The third-order valence-corrected chi connectivity index (χ3v) is 2.00. The number of halogens is 1. The van der Waals surface area contributed by atoms with Gasteiger partial charge in [-0.2, -0.15) is 0 Å². The smallest absolute Gasteiger partial charge is 0.140 e. The number of hydrogen-bond donors (Lipinski definition) is 0. The van der Waals surface area contributed by atoms with Gasteiger partial charge in [0, 0.05) is 0 Å². The molecule has 56 valence electrons. The van der Waals surface area contributed by atoms with E-state index in [1.807, 2.05) is 24.3 Å². The van der Waals surface area contributed by atoms with Gasteiger partial charge in [0.1, 0.15) is 12.0 Å². The molecule has 0 fully saturated rings. The Labute approximate surface area is 79.5 Å². The van der Waals surface area contributed by atoms with Crippen LogP contribution in [0.1, 0.15) is 0 Å². The maximum atomic E-state index is 5.18. The van der Waals surface area contributed by atoms with Gasteiger partial charge in [-0.05, 0) is 34.7 Å². The van der Waals surface area contributed by atoms with E-state index in [2.05, 4.69) is 34.9 Å². The SMILES string of the molecule is C=C=COc1ccccc1I. The van der Waals surface area contributed by atoms with Gasteiger partial charge in [-0.1, -0.05) is 24.4 Å². The maximum absolute atomic E-state index is 5.18. The van der Waals surface area contributed by atoms with Crippen molar-refractivity contribution < 1.29 is 4.74 Å². The van der Waals surface area contributed by atoms with E-state index < -0.39 is 0 Å². The van der Waals surface area contributed by atoms with E-state index in [1.54, 1.807) is 0 Å². The number of para-hydroxylation sites is 1. The predicted octanol–water partition coefficient (Wildman–Crippen LogP) is 2.97. The maximum Gasteiger partial charge on any atom is 0.140 e. The molecule has 1 aromatic carbocycles. The third kappa shape index (κ3) is 2.41. The minimum atomic E-state index is 0.837. The molecular weight excluding hydrogens is 251 g/mol. The van der Waals surface area contributed by atoms with E-state index in [0.29, 0.717) is 0 Å². The normalized spacial score (nSPS) is 8.45. The van der Waals surface area contributed by atoms with Crippen LogP contribution in [0, 0.1) is 3.57 Å². The van der Waals surface area contributed by atoms with Gasteiger partial charge in [-0.3, -0.25) is 0 Å². The first-order chi connectivity index (χ1) is 5.34. The lowest BCUT2D eigenvalue weighted by Crippen LogP contribution is -1.83. The summed E-state index contributed by atoms with van der Waals surface area (Å²) in [4.78, 5) is 0. The Kier molecular flexibility index (Phi) is 3.20. The van der Waals surface area contributed by atoms with Gasteiger partial charge in [0.15, 0.2) is 0 Å². The molecule has 0 aliphatic carbocycles. The first-order valence-electron chi connectivity index (χ1n) is 3.10. The topological polar surface area (TPSA) is 9.23 Å². The lowest BCUT2D eigenvalue weighted by molar-refractivity contribution is 0.479. The van der Waals surface area contributed by atoms with Crippen LogP contribution in [0.3, 0.4) is 0 Å². The van der Waals surface area contributed by atoms with Crippen molar-refractivity contribution in [1.29, 1.82) is 0 Å². The molecule has 1 nitrogen and oxygen atoms in total. The highest BCUT2D eigenvalue weighted by Crippen LogP contribution is 2.19. The van der Waals surface area contributed by atoms with Gasteiger partial charge in [-0.15, -0.1) is 0 Å². The van der Waals surface area contributed by atoms with Gasteiger partial charge in [0.05, 0.1) is 3.57 Å². The van der Waals surface area contributed by atoms with Crippen molar-refractivity contribution in [2.75, 3.05) is 0 Å². The highest BCUT2D eigenvalue weighted by atomic mass is 127. The summed E-state index contributed by atoms with van der Waals surface area (Å²) in [5, 5.41) is 0. The fourth-order valence-electron chi connectivity index (χ4n) is 0.645. The molecular formula is C9H7IO. The molecule has 0 aromatic heterocycles. The molecule has 11 heavy (non-hydrogen) atoms. The standard InChI is InChI=1S/C9H7IO/c1-2-7-11-9-6-4-3-5-8(9)10/h3-7H,1H2. The van der Waals surface area contributed by atoms with E-state index in [0.717, 1.165) is 9.32 Å². The Morgan fingerprint density at radius 1 is 1.45 bits per heavy atom. The predicted molar refractivity (Wildman–Crippen MR) is 53.5 cm³/mol. The van der Waals surface area contributed by atoms with Crippen LogP contribution in [0.15, 0.2) is 42.8 Å². The van der Waals surface area contributed by atoms with Crippen molar-refractivity contribution in [3.05, 3.63) is 46.4 Å². The molecule has 0 N–H and O–H groups in total. The van der Waals surface area contributed by atoms with E-state index >= 15 is 0 Å². The van der Waals surface area contributed by atoms with Crippen molar-refractivity contribution in [1.82, 2.24) is 0 Å². The molecule has 0 amide bonds. The summed E-state index contributed by atoms with van der Waals surface area (Å²) in [6.45, 7) is 3.40. The summed E-state index contributed by atoms with van der Waals surface area (Å²) in [7, 11) is 0. The Balaban J connectivity index is 2.85. The zero-order chi connectivity index (χ0) is 8.10. The Morgan fingerprint density at radius 3 is 2.82 bits per heavy atom. The lowest BCUT2D eigenvalue weighted by atomic mass is 10.3.